The zero-order chi connectivity index (χ0) is 21.7. The van der Waals surface area contributed by atoms with Crippen molar-refractivity contribution in [1.82, 2.24) is 15.5 Å². The van der Waals surface area contributed by atoms with Crippen molar-refractivity contribution in [3.63, 3.8) is 0 Å². The molecular formula is C20H31F3N4O2. The molecule has 9 heteroatoms. The molecule has 1 aromatic carbocycles. The highest BCUT2D eigenvalue weighted by atomic mass is 19.4. The van der Waals surface area contributed by atoms with E-state index in [9.17, 15) is 13.2 Å². The van der Waals surface area contributed by atoms with Crippen LogP contribution in [-0.2, 0) is 5.41 Å². The van der Waals surface area contributed by atoms with Crippen molar-refractivity contribution in [2.75, 3.05) is 47.4 Å². The number of hydrogen-bond donors (Lipinski definition) is 2. The molecule has 1 saturated heterocycles. The Morgan fingerprint density at radius 3 is 2.48 bits per heavy atom. The molecule has 2 rings (SSSR count). The van der Waals surface area contributed by atoms with Crippen molar-refractivity contribution in [2.24, 2.45) is 4.99 Å². The Labute approximate surface area is 170 Å². The Hall–Kier alpha value is -2.16. The number of ether oxygens (including phenoxy) is 2. The molecule has 1 aliphatic heterocycles. The van der Waals surface area contributed by atoms with Gasteiger partial charge in [0.25, 0.3) is 0 Å². The van der Waals surface area contributed by atoms with Crippen molar-refractivity contribution < 1.29 is 22.6 Å². The van der Waals surface area contributed by atoms with Gasteiger partial charge in [0.1, 0.15) is 0 Å². The third-order valence-electron chi connectivity index (χ3n) is 5.10. The van der Waals surface area contributed by atoms with Gasteiger partial charge in [-0.3, -0.25) is 9.89 Å². The number of halogens is 3. The van der Waals surface area contributed by atoms with E-state index in [1.54, 1.807) is 21.3 Å². The van der Waals surface area contributed by atoms with Crippen molar-refractivity contribution in [2.45, 2.75) is 37.9 Å². The molecule has 29 heavy (non-hydrogen) atoms. The van der Waals surface area contributed by atoms with E-state index >= 15 is 0 Å². The fourth-order valence-electron chi connectivity index (χ4n) is 3.40. The van der Waals surface area contributed by atoms with Crippen LogP contribution in [0.3, 0.4) is 0 Å². The maximum Gasteiger partial charge on any atom is 0.401 e. The number of likely N-dealkylation sites (tertiary alicyclic amines) is 1. The molecule has 0 saturated carbocycles. The van der Waals surface area contributed by atoms with Crippen LogP contribution in [0.15, 0.2) is 23.2 Å². The third kappa shape index (κ3) is 6.69. The Balaban J connectivity index is 1.93. The minimum Gasteiger partial charge on any atom is -0.493 e. The second-order valence-electron chi connectivity index (χ2n) is 7.86. The van der Waals surface area contributed by atoms with E-state index in [1.165, 1.54) is 4.90 Å². The molecule has 0 radical (unpaired) electrons. The van der Waals surface area contributed by atoms with Crippen molar-refractivity contribution in [3.05, 3.63) is 23.8 Å². The van der Waals surface area contributed by atoms with Crippen LogP contribution in [0.1, 0.15) is 25.8 Å². The lowest BCUT2D eigenvalue weighted by atomic mass is 9.84. The van der Waals surface area contributed by atoms with Crippen LogP contribution in [0.2, 0.25) is 0 Å². The molecule has 1 aromatic rings. The van der Waals surface area contributed by atoms with Crippen LogP contribution in [0.25, 0.3) is 0 Å². The summed E-state index contributed by atoms with van der Waals surface area (Å²) in [6, 6.07) is 5.75. The van der Waals surface area contributed by atoms with Crippen molar-refractivity contribution in [3.8, 4) is 11.5 Å². The molecule has 0 bridgehead atoms. The Morgan fingerprint density at radius 1 is 1.21 bits per heavy atom. The van der Waals surface area contributed by atoms with E-state index in [4.69, 9.17) is 9.47 Å². The maximum atomic E-state index is 12.6. The van der Waals surface area contributed by atoms with E-state index < -0.39 is 12.7 Å². The predicted octanol–water partition coefficient (Wildman–Crippen LogP) is 2.78. The summed E-state index contributed by atoms with van der Waals surface area (Å²) in [5.74, 6) is 1.91. The molecule has 0 aromatic heterocycles. The molecule has 2 N–H and O–H groups in total. The number of guanidine groups is 1. The normalized spacial score (nSPS) is 18.6. The number of nitrogens with zero attached hydrogens (tertiary/aromatic N) is 2. The molecule has 0 aliphatic carbocycles. The Morgan fingerprint density at radius 2 is 1.90 bits per heavy atom. The minimum absolute atomic E-state index is 0.0623. The number of hydrogen-bond acceptors (Lipinski definition) is 4. The summed E-state index contributed by atoms with van der Waals surface area (Å²) in [6.45, 7) is 4.67. The lowest BCUT2D eigenvalue weighted by Gasteiger charge is -2.28. The van der Waals surface area contributed by atoms with E-state index in [0.29, 0.717) is 43.5 Å². The summed E-state index contributed by atoms with van der Waals surface area (Å²) in [6.07, 6.45) is -3.52. The first-order valence-corrected chi connectivity index (χ1v) is 9.57. The summed E-state index contributed by atoms with van der Waals surface area (Å²) in [4.78, 5) is 5.63. The zero-order valence-corrected chi connectivity index (χ0v) is 17.7. The average Bonchev–Trinajstić information content (AvgIpc) is 3.09. The number of methoxy groups -OCH3 is 2. The molecule has 1 atom stereocenters. The van der Waals surface area contributed by atoms with Crippen LogP contribution in [-0.4, -0.2) is 70.5 Å². The van der Waals surface area contributed by atoms with Crippen LogP contribution >= 0.6 is 0 Å². The van der Waals surface area contributed by atoms with Crippen LogP contribution in [0, 0.1) is 0 Å². The number of rotatable bonds is 7. The molecule has 164 valence electrons. The highest BCUT2D eigenvalue weighted by Crippen LogP contribution is 2.32. The maximum absolute atomic E-state index is 12.6. The van der Waals surface area contributed by atoms with Crippen LogP contribution in [0.4, 0.5) is 13.2 Å². The minimum atomic E-state index is -4.17. The van der Waals surface area contributed by atoms with Gasteiger partial charge in [0.2, 0.25) is 0 Å². The van der Waals surface area contributed by atoms with Gasteiger partial charge in [-0.2, -0.15) is 13.2 Å². The Kier molecular flexibility index (Phi) is 7.62. The van der Waals surface area contributed by atoms with Gasteiger partial charge in [-0.1, -0.05) is 19.9 Å². The molecule has 1 unspecified atom stereocenters. The largest absolute Gasteiger partial charge is 0.493 e. The van der Waals surface area contributed by atoms with Crippen LogP contribution in [0.5, 0.6) is 11.5 Å². The molecule has 1 aliphatic rings. The monoisotopic (exact) mass is 416 g/mol. The number of aliphatic imine (C=N–C) groups is 1. The first-order chi connectivity index (χ1) is 13.6. The van der Waals surface area contributed by atoms with Gasteiger partial charge in [-0.15, -0.1) is 0 Å². The average molecular weight is 416 g/mol. The summed E-state index contributed by atoms with van der Waals surface area (Å²) >= 11 is 0. The van der Waals surface area contributed by atoms with Gasteiger partial charge in [-0.25, -0.2) is 0 Å². The fraction of sp³-hybridized carbons (Fsp3) is 0.650. The van der Waals surface area contributed by atoms with Gasteiger partial charge < -0.3 is 20.1 Å². The molecule has 0 spiro atoms. The number of nitrogens with one attached hydrogen (secondary N) is 2. The first-order valence-electron chi connectivity index (χ1n) is 9.57. The SMILES string of the molecule is CN=C(NCC(C)(C)c1ccc(OC)c(OC)c1)NC1CCN(CC(F)(F)F)C1. The van der Waals surface area contributed by atoms with Gasteiger partial charge in [0.15, 0.2) is 17.5 Å². The van der Waals surface area contributed by atoms with E-state index in [0.717, 1.165) is 5.56 Å². The number of alkyl halides is 3. The molecule has 0 amide bonds. The summed E-state index contributed by atoms with van der Waals surface area (Å²) in [5.41, 5.74) is 0.824. The standard InChI is InChI=1S/C20H31F3N4O2/c1-19(2,14-6-7-16(28-4)17(10-14)29-5)12-25-18(24-3)26-15-8-9-27(11-15)13-20(21,22)23/h6-7,10,15H,8-9,11-13H2,1-5H3,(H2,24,25,26). The topological polar surface area (TPSA) is 58.1 Å². The van der Waals surface area contributed by atoms with E-state index in [-0.39, 0.29) is 11.5 Å². The molecule has 6 nitrogen and oxygen atoms in total. The van der Waals surface area contributed by atoms with Gasteiger partial charge in [-0.05, 0) is 24.1 Å². The van der Waals surface area contributed by atoms with Gasteiger partial charge in [0, 0.05) is 38.1 Å². The molecular weight excluding hydrogens is 385 g/mol. The zero-order valence-electron chi connectivity index (χ0n) is 17.7. The predicted molar refractivity (Wildman–Crippen MR) is 108 cm³/mol. The van der Waals surface area contributed by atoms with Gasteiger partial charge in [0.05, 0.1) is 20.8 Å². The lowest BCUT2D eigenvalue weighted by Crippen LogP contribution is -2.48. The second-order valence-corrected chi connectivity index (χ2v) is 7.86. The lowest BCUT2D eigenvalue weighted by molar-refractivity contribution is -0.143. The second kappa shape index (κ2) is 9.56. The van der Waals surface area contributed by atoms with Gasteiger partial charge >= 0.3 is 6.18 Å². The highest BCUT2D eigenvalue weighted by Gasteiger charge is 2.34. The third-order valence-corrected chi connectivity index (χ3v) is 5.10. The van der Waals surface area contributed by atoms with Crippen molar-refractivity contribution >= 4 is 5.96 Å². The van der Waals surface area contributed by atoms with Crippen LogP contribution < -0.4 is 20.1 Å². The molecule has 1 heterocycles. The summed E-state index contributed by atoms with van der Waals surface area (Å²) < 4.78 is 48.4. The van der Waals surface area contributed by atoms with Crippen molar-refractivity contribution in [1.29, 1.82) is 0 Å². The fourth-order valence-corrected chi connectivity index (χ4v) is 3.40. The van der Waals surface area contributed by atoms with E-state index in [2.05, 4.69) is 29.5 Å². The first kappa shape index (κ1) is 23.1. The molecule has 1 fully saturated rings. The summed E-state index contributed by atoms with van der Waals surface area (Å²) in [5, 5.41) is 6.52. The highest BCUT2D eigenvalue weighted by molar-refractivity contribution is 5.80. The quantitative estimate of drug-likeness (QED) is 0.529. The number of benzene rings is 1. The smallest absolute Gasteiger partial charge is 0.401 e. The Bertz CT molecular complexity index is 707. The van der Waals surface area contributed by atoms with E-state index in [1.807, 2.05) is 18.2 Å². The summed E-state index contributed by atoms with van der Waals surface area (Å²) in [7, 11) is 4.85.